The van der Waals surface area contributed by atoms with Crippen molar-refractivity contribution in [2.45, 2.75) is 30.9 Å². The van der Waals surface area contributed by atoms with Gasteiger partial charge in [0, 0.05) is 17.6 Å². The molecule has 0 unspecified atom stereocenters. The van der Waals surface area contributed by atoms with Crippen molar-refractivity contribution >= 4 is 33.4 Å². The minimum atomic E-state index is -0.939. The van der Waals surface area contributed by atoms with Crippen LogP contribution in [0.25, 0.3) is 0 Å². The third-order valence-electron chi connectivity index (χ3n) is 5.64. The van der Waals surface area contributed by atoms with E-state index in [1.807, 2.05) is 29.2 Å². The number of amides is 2. The fourth-order valence-electron chi connectivity index (χ4n) is 4.04. The monoisotopic (exact) mass is 446 g/mol. The lowest BCUT2D eigenvalue weighted by Crippen LogP contribution is -2.49. The van der Waals surface area contributed by atoms with Gasteiger partial charge in [-0.2, -0.15) is 0 Å². The second-order valence-corrected chi connectivity index (χ2v) is 8.26. The van der Waals surface area contributed by atoms with E-state index in [0.717, 1.165) is 14.9 Å². The number of aliphatic hydroxyl groups is 1. The number of hydrogen-bond donors (Lipinski definition) is 1. The summed E-state index contributed by atoms with van der Waals surface area (Å²) < 4.78 is 14.5. The van der Waals surface area contributed by atoms with Crippen LogP contribution in [0.4, 0.5) is 10.1 Å². The van der Waals surface area contributed by atoms with E-state index in [0.29, 0.717) is 25.9 Å². The fourth-order valence-corrected chi connectivity index (χ4v) is 4.31. The Labute approximate surface area is 170 Å². The molecule has 0 aromatic heterocycles. The number of likely N-dealkylation sites (tertiary alicyclic amines) is 1. The van der Waals surface area contributed by atoms with Crippen LogP contribution in [0.3, 0.4) is 0 Å². The van der Waals surface area contributed by atoms with Crippen molar-refractivity contribution in [1.29, 1.82) is 0 Å². The van der Waals surface area contributed by atoms with Crippen molar-refractivity contribution < 1.29 is 19.1 Å². The third-order valence-corrected chi connectivity index (χ3v) is 6.17. The van der Waals surface area contributed by atoms with Crippen LogP contribution in [0.15, 0.2) is 53.0 Å². The minimum Gasteiger partial charge on any atom is -0.385 e. The lowest BCUT2D eigenvalue weighted by Gasteiger charge is -2.40. The van der Waals surface area contributed by atoms with Crippen molar-refractivity contribution in [2.75, 3.05) is 18.0 Å². The molecular formula is C21H20BrFN2O3. The molecule has 28 heavy (non-hydrogen) atoms. The predicted octanol–water partition coefficient (Wildman–Crippen LogP) is 3.20. The van der Waals surface area contributed by atoms with Gasteiger partial charge >= 0.3 is 0 Å². The first-order valence-corrected chi connectivity index (χ1v) is 10.0. The molecule has 2 aliphatic rings. The third kappa shape index (κ3) is 3.50. The van der Waals surface area contributed by atoms with E-state index in [1.165, 1.54) is 18.2 Å². The zero-order valence-corrected chi connectivity index (χ0v) is 16.7. The van der Waals surface area contributed by atoms with Crippen LogP contribution in [0.5, 0.6) is 0 Å². The van der Waals surface area contributed by atoms with Gasteiger partial charge in [0.25, 0.3) is 5.91 Å². The maximum Gasteiger partial charge on any atom is 0.251 e. The summed E-state index contributed by atoms with van der Waals surface area (Å²) in [6, 6.07) is 12.5. The molecule has 2 fully saturated rings. The van der Waals surface area contributed by atoms with E-state index in [-0.39, 0.29) is 23.9 Å². The lowest BCUT2D eigenvalue weighted by atomic mass is 9.84. The van der Waals surface area contributed by atoms with Gasteiger partial charge in [0.1, 0.15) is 5.82 Å². The van der Waals surface area contributed by atoms with Crippen LogP contribution in [-0.4, -0.2) is 41.0 Å². The Morgan fingerprint density at radius 2 is 1.75 bits per heavy atom. The molecule has 2 aromatic carbocycles. The molecule has 1 N–H and O–H groups in total. The van der Waals surface area contributed by atoms with Gasteiger partial charge in [0.15, 0.2) is 0 Å². The second kappa shape index (κ2) is 7.39. The quantitative estimate of drug-likeness (QED) is 0.735. The first-order chi connectivity index (χ1) is 13.4. The van der Waals surface area contributed by atoms with Gasteiger partial charge in [-0.25, -0.2) is 9.29 Å². The second-order valence-electron chi connectivity index (χ2n) is 7.34. The predicted molar refractivity (Wildman–Crippen MR) is 106 cm³/mol. The summed E-state index contributed by atoms with van der Waals surface area (Å²) in [5.74, 6) is -1.14. The average Bonchev–Trinajstić information content (AvgIpc) is 2.97. The first-order valence-electron chi connectivity index (χ1n) is 9.22. The molecule has 0 radical (unpaired) electrons. The molecule has 0 saturated carbocycles. The van der Waals surface area contributed by atoms with E-state index in [9.17, 15) is 19.1 Å². The lowest BCUT2D eigenvalue weighted by molar-refractivity contribution is -0.124. The topological polar surface area (TPSA) is 60.9 Å². The van der Waals surface area contributed by atoms with Crippen molar-refractivity contribution in [2.24, 2.45) is 0 Å². The summed E-state index contributed by atoms with van der Waals surface area (Å²) in [5, 5.41) is 11.0. The highest BCUT2D eigenvalue weighted by Gasteiger charge is 2.45. The number of imide groups is 1. The number of rotatable bonds is 3. The molecule has 1 atom stereocenters. The molecule has 2 amide bonds. The van der Waals surface area contributed by atoms with Crippen molar-refractivity contribution in [3.8, 4) is 0 Å². The van der Waals surface area contributed by atoms with Crippen LogP contribution in [0.1, 0.15) is 24.8 Å². The number of carbonyl (C=O) groups is 2. The summed E-state index contributed by atoms with van der Waals surface area (Å²) in [4.78, 5) is 28.3. The maximum atomic E-state index is 13.5. The SMILES string of the molecule is O=C1C[C@H](N2CCC(O)(c3ccc(Br)cc3)CC2)C(=O)N1c1cccc(F)c1. The Balaban J connectivity index is 1.47. The molecule has 146 valence electrons. The Morgan fingerprint density at radius 3 is 2.39 bits per heavy atom. The number of halogens is 2. The largest absolute Gasteiger partial charge is 0.385 e. The van der Waals surface area contributed by atoms with Crippen molar-refractivity contribution in [3.63, 3.8) is 0 Å². The summed E-state index contributed by atoms with van der Waals surface area (Å²) in [6.45, 7) is 1.01. The number of hydrogen-bond acceptors (Lipinski definition) is 4. The van der Waals surface area contributed by atoms with Gasteiger partial charge in [-0.15, -0.1) is 0 Å². The van der Waals surface area contributed by atoms with E-state index >= 15 is 0 Å². The van der Waals surface area contributed by atoms with Crippen molar-refractivity contribution in [3.05, 3.63) is 64.4 Å². The molecule has 2 saturated heterocycles. The fraction of sp³-hybridized carbons (Fsp3) is 0.333. The van der Waals surface area contributed by atoms with Gasteiger partial charge < -0.3 is 5.11 Å². The molecule has 2 aromatic rings. The summed E-state index contributed by atoms with van der Waals surface area (Å²) >= 11 is 3.40. The number of anilines is 1. The highest BCUT2D eigenvalue weighted by atomic mass is 79.9. The number of benzene rings is 2. The number of carbonyl (C=O) groups excluding carboxylic acids is 2. The Morgan fingerprint density at radius 1 is 1.07 bits per heavy atom. The molecule has 2 heterocycles. The average molecular weight is 447 g/mol. The summed E-state index contributed by atoms with van der Waals surface area (Å²) in [5.41, 5.74) is 0.178. The van der Waals surface area contributed by atoms with Gasteiger partial charge in [0.05, 0.1) is 23.8 Å². The molecule has 0 spiro atoms. The first kappa shape index (κ1) is 19.2. The smallest absolute Gasteiger partial charge is 0.251 e. The van der Waals surface area contributed by atoms with Crippen LogP contribution in [0, 0.1) is 5.82 Å². The molecular weight excluding hydrogens is 427 g/mol. The Kier molecular flexibility index (Phi) is 5.07. The summed E-state index contributed by atoms with van der Waals surface area (Å²) in [7, 11) is 0. The van der Waals surface area contributed by atoms with E-state index in [2.05, 4.69) is 15.9 Å². The highest BCUT2D eigenvalue weighted by molar-refractivity contribution is 9.10. The molecule has 0 bridgehead atoms. The maximum absolute atomic E-state index is 13.5. The standard InChI is InChI=1S/C21H20BrFN2O3/c22-15-6-4-14(5-7-15)21(28)8-10-24(11-9-21)18-13-19(26)25(20(18)27)17-3-1-2-16(23)12-17/h1-7,12,18,28H,8-11,13H2/t18-/m0/s1. The van der Waals surface area contributed by atoms with Crippen LogP contribution in [0.2, 0.25) is 0 Å². The van der Waals surface area contributed by atoms with Gasteiger partial charge in [-0.3, -0.25) is 14.5 Å². The van der Waals surface area contributed by atoms with Gasteiger partial charge in [-0.05, 0) is 48.7 Å². The van der Waals surface area contributed by atoms with Crippen LogP contribution < -0.4 is 4.90 Å². The molecule has 5 nitrogen and oxygen atoms in total. The Hall–Kier alpha value is -2.09. The zero-order chi connectivity index (χ0) is 19.9. The van der Waals surface area contributed by atoms with Gasteiger partial charge in [0.2, 0.25) is 5.91 Å². The number of piperidine rings is 1. The molecule has 4 rings (SSSR count). The van der Waals surface area contributed by atoms with Crippen molar-refractivity contribution in [1.82, 2.24) is 4.90 Å². The van der Waals surface area contributed by atoms with Crippen LogP contribution in [-0.2, 0) is 15.2 Å². The summed E-state index contributed by atoms with van der Waals surface area (Å²) in [6.07, 6.45) is 1.03. The van der Waals surface area contributed by atoms with Gasteiger partial charge in [-0.1, -0.05) is 34.1 Å². The molecule has 0 aliphatic carbocycles. The highest BCUT2D eigenvalue weighted by Crippen LogP contribution is 2.36. The molecule has 7 heteroatoms. The normalized spacial score (nSPS) is 22.7. The van der Waals surface area contributed by atoms with E-state index in [4.69, 9.17) is 0 Å². The minimum absolute atomic E-state index is 0.0755. The number of nitrogens with zero attached hydrogens (tertiary/aromatic N) is 2. The van der Waals surface area contributed by atoms with E-state index < -0.39 is 17.5 Å². The zero-order valence-electron chi connectivity index (χ0n) is 15.1. The Bertz CT molecular complexity index is 910. The van der Waals surface area contributed by atoms with E-state index in [1.54, 1.807) is 6.07 Å². The van der Waals surface area contributed by atoms with Crippen LogP contribution >= 0.6 is 15.9 Å². The molecule has 2 aliphatic heterocycles.